The first-order valence-corrected chi connectivity index (χ1v) is 6.76. The smallest absolute Gasteiger partial charge is 0.120 e. The maximum Gasteiger partial charge on any atom is 0.120 e. The van der Waals surface area contributed by atoms with Gasteiger partial charge in [-0.05, 0) is 62.1 Å². The van der Waals surface area contributed by atoms with Gasteiger partial charge in [0.25, 0.3) is 0 Å². The van der Waals surface area contributed by atoms with Crippen LogP contribution in [0.4, 0.5) is 0 Å². The van der Waals surface area contributed by atoms with Crippen LogP contribution in [0.1, 0.15) is 31.7 Å². The van der Waals surface area contributed by atoms with E-state index in [0.29, 0.717) is 12.2 Å². The van der Waals surface area contributed by atoms with Crippen LogP contribution in [-0.2, 0) is 4.74 Å². The molecule has 3 heteroatoms. The minimum absolute atomic E-state index is 0.122. The van der Waals surface area contributed by atoms with Crippen LogP contribution in [-0.4, -0.2) is 19.3 Å². The van der Waals surface area contributed by atoms with Gasteiger partial charge in [0.15, 0.2) is 0 Å². The second-order valence-corrected chi connectivity index (χ2v) is 4.65. The van der Waals surface area contributed by atoms with Crippen molar-refractivity contribution in [1.82, 2.24) is 0 Å². The van der Waals surface area contributed by atoms with E-state index in [1.165, 1.54) is 5.57 Å². The van der Waals surface area contributed by atoms with E-state index in [2.05, 4.69) is 12.1 Å². The number of hydrogen-bond acceptors (Lipinski definition) is 3. The molecule has 0 N–H and O–H groups in total. The summed E-state index contributed by atoms with van der Waals surface area (Å²) in [5, 5.41) is 8.75. The molecule has 1 unspecified atom stereocenters. The molecule has 1 aliphatic carbocycles. The molecule has 1 aromatic carbocycles. The predicted octanol–water partition coefficient (Wildman–Crippen LogP) is 3.45. The summed E-state index contributed by atoms with van der Waals surface area (Å²) in [6.07, 6.45) is 5.58. The summed E-state index contributed by atoms with van der Waals surface area (Å²) in [7, 11) is 0. The number of nitriles is 1. The molecular weight excluding hydrogens is 238 g/mol. The first-order chi connectivity index (χ1) is 9.31. The van der Waals surface area contributed by atoms with E-state index < -0.39 is 0 Å². The van der Waals surface area contributed by atoms with Gasteiger partial charge in [0, 0.05) is 6.61 Å². The zero-order valence-corrected chi connectivity index (χ0v) is 11.3. The first-order valence-electron chi connectivity index (χ1n) is 6.76. The Morgan fingerprint density at radius 1 is 1.32 bits per heavy atom. The molecule has 2 rings (SSSR count). The zero-order chi connectivity index (χ0) is 13.5. The van der Waals surface area contributed by atoms with Crippen molar-refractivity contribution in [3.05, 3.63) is 41.5 Å². The van der Waals surface area contributed by atoms with Gasteiger partial charge in [-0.3, -0.25) is 0 Å². The average Bonchev–Trinajstić information content (AvgIpc) is 2.46. The quantitative estimate of drug-likeness (QED) is 0.759. The molecule has 0 aliphatic heterocycles. The largest absolute Gasteiger partial charge is 0.486 e. The molecular formula is C16H19NO2. The van der Waals surface area contributed by atoms with Crippen LogP contribution in [0, 0.1) is 11.3 Å². The van der Waals surface area contributed by atoms with E-state index in [0.717, 1.165) is 31.6 Å². The Morgan fingerprint density at radius 2 is 2.11 bits per heavy atom. The van der Waals surface area contributed by atoms with Gasteiger partial charge >= 0.3 is 0 Å². The second-order valence-electron chi connectivity index (χ2n) is 4.65. The SMILES string of the molecule is CCOCC1=CC(Oc2ccc(C#N)cc2)CCC1. The maximum atomic E-state index is 8.75. The second kappa shape index (κ2) is 6.96. The van der Waals surface area contributed by atoms with Crippen molar-refractivity contribution in [2.75, 3.05) is 13.2 Å². The molecule has 0 aromatic heterocycles. The van der Waals surface area contributed by atoms with Gasteiger partial charge in [-0.25, -0.2) is 0 Å². The van der Waals surface area contributed by atoms with Crippen molar-refractivity contribution >= 4 is 0 Å². The van der Waals surface area contributed by atoms with Gasteiger partial charge in [-0.2, -0.15) is 5.26 Å². The molecule has 3 nitrogen and oxygen atoms in total. The zero-order valence-electron chi connectivity index (χ0n) is 11.3. The van der Waals surface area contributed by atoms with Crippen LogP contribution in [0.2, 0.25) is 0 Å². The molecule has 0 amide bonds. The average molecular weight is 257 g/mol. The Morgan fingerprint density at radius 3 is 2.79 bits per heavy atom. The van der Waals surface area contributed by atoms with Crippen LogP contribution in [0.5, 0.6) is 5.75 Å². The van der Waals surface area contributed by atoms with Crippen molar-refractivity contribution in [3.63, 3.8) is 0 Å². The van der Waals surface area contributed by atoms with Gasteiger partial charge in [0.05, 0.1) is 18.2 Å². The molecule has 19 heavy (non-hydrogen) atoms. The summed E-state index contributed by atoms with van der Waals surface area (Å²) in [5.74, 6) is 0.818. The number of nitrogens with zero attached hydrogens (tertiary/aromatic N) is 1. The number of rotatable bonds is 5. The van der Waals surface area contributed by atoms with Crippen molar-refractivity contribution in [1.29, 1.82) is 5.26 Å². The molecule has 0 radical (unpaired) electrons. The van der Waals surface area contributed by atoms with Crippen LogP contribution < -0.4 is 4.74 Å². The van der Waals surface area contributed by atoms with E-state index in [1.54, 1.807) is 12.1 Å². The van der Waals surface area contributed by atoms with E-state index in [-0.39, 0.29) is 6.10 Å². The monoisotopic (exact) mass is 257 g/mol. The van der Waals surface area contributed by atoms with Crippen molar-refractivity contribution in [2.45, 2.75) is 32.3 Å². The third kappa shape index (κ3) is 4.11. The Balaban J connectivity index is 1.95. The van der Waals surface area contributed by atoms with Crippen LogP contribution in [0.3, 0.4) is 0 Å². The Bertz CT molecular complexity index is 471. The Kier molecular flexibility index (Phi) is 5.00. The highest BCUT2D eigenvalue weighted by Gasteiger charge is 2.15. The number of hydrogen-bond donors (Lipinski definition) is 0. The lowest BCUT2D eigenvalue weighted by molar-refractivity contribution is 0.161. The van der Waals surface area contributed by atoms with Crippen LogP contribution >= 0.6 is 0 Å². The fourth-order valence-corrected chi connectivity index (χ4v) is 2.19. The Hall–Kier alpha value is -1.79. The number of ether oxygens (including phenoxy) is 2. The van der Waals surface area contributed by atoms with Crippen molar-refractivity contribution in [2.24, 2.45) is 0 Å². The molecule has 1 aromatic rings. The molecule has 1 aliphatic rings. The molecule has 1 atom stereocenters. The van der Waals surface area contributed by atoms with Crippen LogP contribution in [0.25, 0.3) is 0 Å². The van der Waals surface area contributed by atoms with E-state index in [1.807, 2.05) is 19.1 Å². The molecule has 0 spiro atoms. The lowest BCUT2D eigenvalue weighted by Crippen LogP contribution is -2.19. The summed E-state index contributed by atoms with van der Waals surface area (Å²) >= 11 is 0. The van der Waals surface area contributed by atoms with Gasteiger partial charge in [0.1, 0.15) is 11.9 Å². The molecule has 0 heterocycles. The predicted molar refractivity (Wildman–Crippen MR) is 74.0 cm³/mol. The van der Waals surface area contributed by atoms with E-state index in [4.69, 9.17) is 14.7 Å². The summed E-state index contributed by atoms with van der Waals surface area (Å²) in [4.78, 5) is 0. The van der Waals surface area contributed by atoms with Crippen molar-refractivity contribution in [3.8, 4) is 11.8 Å². The molecule has 100 valence electrons. The highest BCUT2D eigenvalue weighted by Crippen LogP contribution is 2.23. The van der Waals surface area contributed by atoms with E-state index in [9.17, 15) is 0 Å². The normalized spacial score (nSPS) is 18.5. The minimum Gasteiger partial charge on any atom is -0.486 e. The fourth-order valence-electron chi connectivity index (χ4n) is 2.19. The summed E-state index contributed by atoms with van der Waals surface area (Å²) < 4.78 is 11.4. The standard InChI is InChI=1S/C16H19NO2/c1-2-18-12-14-4-3-5-16(10-14)19-15-8-6-13(11-17)7-9-15/h6-10,16H,2-5,12H2,1H3. The van der Waals surface area contributed by atoms with E-state index >= 15 is 0 Å². The topological polar surface area (TPSA) is 42.2 Å². The summed E-state index contributed by atoms with van der Waals surface area (Å²) in [6.45, 7) is 3.47. The van der Waals surface area contributed by atoms with Gasteiger partial charge in [0.2, 0.25) is 0 Å². The highest BCUT2D eigenvalue weighted by atomic mass is 16.5. The fraction of sp³-hybridized carbons (Fsp3) is 0.438. The lowest BCUT2D eigenvalue weighted by atomic mass is 9.98. The maximum absolute atomic E-state index is 8.75. The third-order valence-corrected chi connectivity index (χ3v) is 3.17. The van der Waals surface area contributed by atoms with Crippen LogP contribution in [0.15, 0.2) is 35.9 Å². The summed E-state index contributed by atoms with van der Waals surface area (Å²) in [5.41, 5.74) is 1.98. The first kappa shape index (κ1) is 13.6. The molecule has 0 fully saturated rings. The van der Waals surface area contributed by atoms with Gasteiger partial charge in [-0.1, -0.05) is 0 Å². The highest BCUT2D eigenvalue weighted by molar-refractivity contribution is 5.34. The van der Waals surface area contributed by atoms with Gasteiger partial charge in [-0.15, -0.1) is 0 Å². The van der Waals surface area contributed by atoms with Crippen molar-refractivity contribution < 1.29 is 9.47 Å². The molecule has 0 saturated carbocycles. The Labute approximate surface area is 114 Å². The van der Waals surface area contributed by atoms with Gasteiger partial charge < -0.3 is 9.47 Å². The number of benzene rings is 1. The third-order valence-electron chi connectivity index (χ3n) is 3.17. The minimum atomic E-state index is 0.122. The molecule has 0 saturated heterocycles. The lowest BCUT2D eigenvalue weighted by Gasteiger charge is -2.22. The molecule has 0 bridgehead atoms. The summed E-state index contributed by atoms with van der Waals surface area (Å²) in [6, 6.07) is 9.37.